The van der Waals surface area contributed by atoms with Gasteiger partial charge in [0.05, 0.1) is 11.5 Å². The average Bonchev–Trinajstić information content (AvgIpc) is 2.59. The van der Waals surface area contributed by atoms with Gasteiger partial charge in [-0.3, -0.25) is 4.79 Å². The second-order valence-electron chi connectivity index (χ2n) is 5.29. The molecular formula is C17H20INO3. The third kappa shape index (κ3) is 4.32. The Balaban J connectivity index is 2.09. The van der Waals surface area contributed by atoms with E-state index in [0.717, 1.165) is 17.6 Å². The van der Waals surface area contributed by atoms with Gasteiger partial charge < -0.3 is 9.64 Å². The van der Waals surface area contributed by atoms with E-state index in [2.05, 4.69) is 22.6 Å². The fourth-order valence-electron chi connectivity index (χ4n) is 2.70. The number of amides is 1. The van der Waals surface area contributed by atoms with E-state index in [0.29, 0.717) is 23.8 Å². The zero-order valence-corrected chi connectivity index (χ0v) is 14.8. The van der Waals surface area contributed by atoms with E-state index in [9.17, 15) is 9.59 Å². The number of alkyl halides is 1. The van der Waals surface area contributed by atoms with Gasteiger partial charge in [0.25, 0.3) is 0 Å². The molecule has 0 N–H and O–H groups in total. The van der Waals surface area contributed by atoms with Crippen LogP contribution in [0.3, 0.4) is 0 Å². The second-order valence-corrected chi connectivity index (χ2v) is 6.05. The lowest BCUT2D eigenvalue weighted by atomic mass is 9.93. The van der Waals surface area contributed by atoms with Crippen LogP contribution in [0.4, 0.5) is 0 Å². The molecule has 0 radical (unpaired) electrons. The van der Waals surface area contributed by atoms with E-state index < -0.39 is 0 Å². The van der Waals surface area contributed by atoms with Crippen LogP contribution in [0, 0.1) is 0 Å². The summed E-state index contributed by atoms with van der Waals surface area (Å²) in [6, 6.07) is 10.2. The zero-order valence-electron chi connectivity index (χ0n) is 12.6. The molecule has 1 aromatic rings. The fraction of sp³-hybridized carbons (Fsp3) is 0.412. The summed E-state index contributed by atoms with van der Waals surface area (Å²) in [7, 11) is 1.40. The van der Waals surface area contributed by atoms with Gasteiger partial charge in [0.2, 0.25) is 5.91 Å². The summed E-state index contributed by atoms with van der Waals surface area (Å²) in [5.74, 6) is -0.113. The lowest BCUT2D eigenvalue weighted by molar-refractivity contribution is -0.136. The van der Waals surface area contributed by atoms with Crippen molar-refractivity contribution in [1.82, 2.24) is 4.90 Å². The smallest absolute Gasteiger partial charge is 0.333 e. The minimum atomic E-state index is -0.256. The molecule has 0 saturated carbocycles. The zero-order chi connectivity index (χ0) is 15.9. The number of rotatable bonds is 5. The molecule has 0 bridgehead atoms. The van der Waals surface area contributed by atoms with Gasteiger partial charge in [-0.2, -0.15) is 0 Å². The number of ether oxygens (including phenoxy) is 1. The fourth-order valence-corrected chi connectivity index (χ4v) is 3.14. The van der Waals surface area contributed by atoms with Gasteiger partial charge in [0.1, 0.15) is 0 Å². The number of hydrogen-bond acceptors (Lipinski definition) is 3. The number of benzene rings is 1. The molecule has 1 aliphatic carbocycles. The number of carbonyl (C=O) groups excluding carboxylic acids is 2. The summed E-state index contributed by atoms with van der Waals surface area (Å²) < 4.78 is 5.23. The van der Waals surface area contributed by atoms with Crippen molar-refractivity contribution in [3.8, 4) is 0 Å². The molecule has 1 amide bonds. The first kappa shape index (κ1) is 17.0. The van der Waals surface area contributed by atoms with Crippen LogP contribution in [0.25, 0.3) is 0 Å². The molecule has 0 saturated heterocycles. The van der Waals surface area contributed by atoms with Crippen molar-refractivity contribution in [3.63, 3.8) is 0 Å². The largest absolute Gasteiger partial charge is 0.466 e. The van der Waals surface area contributed by atoms with Gasteiger partial charge in [-0.1, -0.05) is 59.0 Å². The van der Waals surface area contributed by atoms with E-state index in [1.807, 2.05) is 41.3 Å². The first-order valence-corrected chi connectivity index (χ1v) is 8.85. The summed E-state index contributed by atoms with van der Waals surface area (Å²) in [5, 5.41) is 0. The SMILES string of the molecule is COC(=O)C1=CCC(N(Cc2ccccc2)C(=O)CI)CC1. The Morgan fingerprint density at radius 3 is 2.59 bits per heavy atom. The highest BCUT2D eigenvalue weighted by Crippen LogP contribution is 2.25. The third-order valence-electron chi connectivity index (χ3n) is 3.90. The Hall–Kier alpha value is -1.37. The highest BCUT2D eigenvalue weighted by molar-refractivity contribution is 14.1. The van der Waals surface area contributed by atoms with Crippen molar-refractivity contribution in [2.45, 2.75) is 31.8 Å². The van der Waals surface area contributed by atoms with E-state index in [-0.39, 0.29) is 17.9 Å². The number of hydrogen-bond donors (Lipinski definition) is 0. The minimum Gasteiger partial charge on any atom is -0.466 e. The second kappa shape index (κ2) is 8.31. The van der Waals surface area contributed by atoms with E-state index in [4.69, 9.17) is 4.74 Å². The van der Waals surface area contributed by atoms with Crippen molar-refractivity contribution in [3.05, 3.63) is 47.5 Å². The molecule has 4 nitrogen and oxygen atoms in total. The molecule has 2 rings (SSSR count). The van der Waals surface area contributed by atoms with Crippen molar-refractivity contribution >= 4 is 34.5 Å². The van der Waals surface area contributed by atoms with Crippen LogP contribution < -0.4 is 0 Å². The van der Waals surface area contributed by atoms with Gasteiger partial charge in [0.15, 0.2) is 0 Å². The molecule has 1 atom stereocenters. The summed E-state index contributed by atoms with van der Waals surface area (Å²) in [4.78, 5) is 25.8. The van der Waals surface area contributed by atoms with Crippen LogP contribution in [-0.2, 0) is 20.9 Å². The highest BCUT2D eigenvalue weighted by Gasteiger charge is 2.26. The van der Waals surface area contributed by atoms with Gasteiger partial charge in [-0.15, -0.1) is 0 Å². The van der Waals surface area contributed by atoms with E-state index in [1.165, 1.54) is 7.11 Å². The Labute approximate surface area is 144 Å². The Bertz CT molecular complexity index is 556. The number of methoxy groups -OCH3 is 1. The molecular weight excluding hydrogens is 393 g/mol. The maximum absolute atomic E-state index is 12.3. The molecule has 5 heteroatoms. The van der Waals surface area contributed by atoms with Gasteiger partial charge >= 0.3 is 5.97 Å². The lowest BCUT2D eigenvalue weighted by Gasteiger charge is -2.33. The standard InChI is InChI=1S/C17H20INO3/c1-22-17(21)14-7-9-15(10-8-14)19(16(20)11-18)12-13-5-3-2-4-6-13/h2-7,15H,8-12H2,1H3. The van der Waals surface area contributed by atoms with Gasteiger partial charge in [-0.05, 0) is 24.8 Å². The summed E-state index contributed by atoms with van der Waals surface area (Å²) in [6.45, 7) is 0.620. The molecule has 0 spiro atoms. The first-order valence-electron chi connectivity index (χ1n) is 7.32. The summed E-state index contributed by atoms with van der Waals surface area (Å²) >= 11 is 2.11. The van der Waals surface area contributed by atoms with Crippen molar-refractivity contribution < 1.29 is 14.3 Å². The van der Waals surface area contributed by atoms with Crippen molar-refractivity contribution in [2.75, 3.05) is 11.5 Å². The normalized spacial score (nSPS) is 17.5. The highest BCUT2D eigenvalue weighted by atomic mass is 127. The molecule has 1 aliphatic rings. The molecule has 1 aromatic carbocycles. The molecule has 0 fully saturated rings. The van der Waals surface area contributed by atoms with Crippen LogP contribution in [0.2, 0.25) is 0 Å². The third-order valence-corrected chi connectivity index (χ3v) is 4.55. The minimum absolute atomic E-state index is 0.143. The molecule has 118 valence electrons. The number of halogens is 1. The quantitative estimate of drug-likeness (QED) is 0.424. The van der Waals surface area contributed by atoms with Crippen LogP contribution in [-0.4, -0.2) is 34.4 Å². The maximum Gasteiger partial charge on any atom is 0.333 e. The lowest BCUT2D eigenvalue weighted by Crippen LogP contribution is -2.41. The number of nitrogens with zero attached hydrogens (tertiary/aromatic N) is 1. The molecule has 0 aliphatic heterocycles. The number of carbonyl (C=O) groups is 2. The molecule has 22 heavy (non-hydrogen) atoms. The summed E-state index contributed by atoms with van der Waals surface area (Å²) in [6.07, 6.45) is 4.09. The first-order chi connectivity index (χ1) is 10.7. The predicted octanol–water partition coefficient (Wildman–Crippen LogP) is 3.10. The summed E-state index contributed by atoms with van der Waals surface area (Å²) in [5.41, 5.74) is 1.85. The van der Waals surface area contributed by atoms with Crippen LogP contribution in [0.15, 0.2) is 42.0 Å². The van der Waals surface area contributed by atoms with Gasteiger partial charge in [-0.25, -0.2) is 4.79 Å². The van der Waals surface area contributed by atoms with E-state index >= 15 is 0 Å². The van der Waals surface area contributed by atoms with Crippen molar-refractivity contribution in [1.29, 1.82) is 0 Å². The molecule has 0 aromatic heterocycles. The number of esters is 1. The Morgan fingerprint density at radius 1 is 1.32 bits per heavy atom. The van der Waals surface area contributed by atoms with Crippen LogP contribution in [0.1, 0.15) is 24.8 Å². The molecule has 0 heterocycles. The Morgan fingerprint density at radius 2 is 2.05 bits per heavy atom. The van der Waals surface area contributed by atoms with Crippen LogP contribution in [0.5, 0.6) is 0 Å². The Kier molecular flexibility index (Phi) is 6.42. The monoisotopic (exact) mass is 413 g/mol. The van der Waals surface area contributed by atoms with Gasteiger partial charge in [0, 0.05) is 18.2 Å². The predicted molar refractivity (Wildman–Crippen MR) is 93.6 cm³/mol. The molecule has 1 unspecified atom stereocenters. The van der Waals surface area contributed by atoms with E-state index in [1.54, 1.807) is 0 Å². The average molecular weight is 413 g/mol. The topological polar surface area (TPSA) is 46.6 Å². The maximum atomic E-state index is 12.3. The van der Waals surface area contributed by atoms with Crippen LogP contribution >= 0.6 is 22.6 Å². The van der Waals surface area contributed by atoms with Crippen molar-refractivity contribution in [2.24, 2.45) is 0 Å².